The SMILES string of the molecule is CCc1ccc(C(Br)c2ccc(OC(F)F)cc2)cc1. The van der Waals surface area contributed by atoms with E-state index in [1.807, 2.05) is 0 Å². The Balaban J connectivity index is 2.13. The van der Waals surface area contributed by atoms with Crippen LogP contribution in [0, 0.1) is 0 Å². The normalized spacial score (nSPS) is 12.4. The van der Waals surface area contributed by atoms with E-state index in [9.17, 15) is 8.78 Å². The van der Waals surface area contributed by atoms with Crippen LogP contribution in [0.1, 0.15) is 28.4 Å². The van der Waals surface area contributed by atoms with Gasteiger partial charge in [-0.2, -0.15) is 8.78 Å². The molecule has 0 radical (unpaired) electrons. The lowest BCUT2D eigenvalue weighted by Gasteiger charge is -2.12. The molecule has 2 aromatic rings. The Kier molecular flexibility index (Phi) is 5.12. The smallest absolute Gasteiger partial charge is 0.387 e. The lowest BCUT2D eigenvalue weighted by atomic mass is 10.0. The number of benzene rings is 2. The molecule has 20 heavy (non-hydrogen) atoms. The Labute approximate surface area is 125 Å². The fourth-order valence-corrected chi connectivity index (χ4v) is 2.54. The van der Waals surface area contributed by atoms with Gasteiger partial charge in [0.2, 0.25) is 0 Å². The molecule has 0 saturated heterocycles. The second kappa shape index (κ2) is 6.84. The predicted octanol–water partition coefficient (Wildman–Crippen LogP) is 5.33. The summed E-state index contributed by atoms with van der Waals surface area (Å²) in [4.78, 5) is 0.0361. The number of alkyl halides is 3. The van der Waals surface area contributed by atoms with Gasteiger partial charge in [-0.15, -0.1) is 0 Å². The molecule has 0 aliphatic heterocycles. The van der Waals surface area contributed by atoms with Gasteiger partial charge in [0.05, 0.1) is 4.83 Å². The molecule has 0 heterocycles. The van der Waals surface area contributed by atoms with E-state index < -0.39 is 6.61 Å². The molecular weight excluding hydrogens is 326 g/mol. The Hall–Kier alpha value is -1.42. The fourth-order valence-electron chi connectivity index (χ4n) is 1.93. The molecule has 0 saturated carbocycles. The fraction of sp³-hybridized carbons (Fsp3) is 0.250. The summed E-state index contributed by atoms with van der Waals surface area (Å²) in [6.07, 6.45) is 1.01. The van der Waals surface area contributed by atoms with Gasteiger partial charge in [0, 0.05) is 0 Å². The highest BCUT2D eigenvalue weighted by Crippen LogP contribution is 2.32. The highest BCUT2D eigenvalue weighted by molar-refractivity contribution is 9.09. The monoisotopic (exact) mass is 340 g/mol. The molecule has 2 rings (SSSR count). The summed E-state index contributed by atoms with van der Waals surface area (Å²) in [6.45, 7) is -0.676. The molecule has 0 fully saturated rings. The second-order valence-electron chi connectivity index (χ2n) is 4.41. The molecule has 2 aromatic carbocycles. The number of ether oxygens (including phenoxy) is 1. The van der Waals surface area contributed by atoms with E-state index in [0.717, 1.165) is 17.5 Å². The first-order valence-electron chi connectivity index (χ1n) is 6.38. The van der Waals surface area contributed by atoms with E-state index in [4.69, 9.17) is 0 Å². The highest BCUT2D eigenvalue weighted by Gasteiger charge is 2.11. The molecule has 4 heteroatoms. The molecule has 0 N–H and O–H groups in total. The lowest BCUT2D eigenvalue weighted by molar-refractivity contribution is -0.0498. The summed E-state index contributed by atoms with van der Waals surface area (Å²) in [6, 6.07) is 15.0. The van der Waals surface area contributed by atoms with Crippen molar-refractivity contribution in [1.29, 1.82) is 0 Å². The summed E-state index contributed by atoms with van der Waals surface area (Å²) < 4.78 is 28.5. The standard InChI is InChI=1S/C16H15BrF2O/c1-2-11-3-5-12(6-4-11)15(17)13-7-9-14(10-8-13)20-16(18)19/h3-10,15-16H,2H2,1H3. The van der Waals surface area contributed by atoms with Crippen LogP contribution < -0.4 is 4.74 Å². The number of aryl methyl sites for hydroxylation is 1. The van der Waals surface area contributed by atoms with Gasteiger partial charge >= 0.3 is 6.61 Å². The van der Waals surface area contributed by atoms with Crippen molar-refractivity contribution in [2.24, 2.45) is 0 Å². The van der Waals surface area contributed by atoms with Crippen molar-refractivity contribution in [3.8, 4) is 5.75 Å². The quantitative estimate of drug-likeness (QED) is 0.668. The van der Waals surface area contributed by atoms with Crippen molar-refractivity contribution < 1.29 is 13.5 Å². The van der Waals surface area contributed by atoms with Gasteiger partial charge in [0.25, 0.3) is 0 Å². The van der Waals surface area contributed by atoms with Crippen LogP contribution >= 0.6 is 15.9 Å². The Morgan fingerprint density at radius 1 is 0.950 bits per heavy atom. The minimum Gasteiger partial charge on any atom is -0.435 e. The van der Waals surface area contributed by atoms with Crippen molar-refractivity contribution >= 4 is 15.9 Å². The zero-order valence-corrected chi connectivity index (χ0v) is 12.6. The van der Waals surface area contributed by atoms with E-state index in [-0.39, 0.29) is 10.6 Å². The molecule has 0 aliphatic carbocycles. The third-order valence-corrected chi connectivity index (χ3v) is 4.14. The maximum Gasteiger partial charge on any atom is 0.387 e. The van der Waals surface area contributed by atoms with Crippen LogP contribution in [0.15, 0.2) is 48.5 Å². The Morgan fingerprint density at radius 2 is 1.45 bits per heavy atom. The molecule has 106 valence electrons. The third-order valence-electron chi connectivity index (χ3n) is 3.08. The molecule has 0 bridgehead atoms. The zero-order chi connectivity index (χ0) is 14.5. The van der Waals surface area contributed by atoms with E-state index in [1.165, 1.54) is 5.56 Å². The first kappa shape index (κ1) is 15.0. The molecule has 0 aliphatic rings. The van der Waals surface area contributed by atoms with E-state index >= 15 is 0 Å². The molecule has 1 atom stereocenters. The van der Waals surface area contributed by atoms with Gasteiger partial charge in [0.1, 0.15) is 5.75 Å². The third kappa shape index (κ3) is 3.79. The highest BCUT2D eigenvalue weighted by atomic mass is 79.9. The number of hydrogen-bond donors (Lipinski definition) is 0. The van der Waals surface area contributed by atoms with Crippen LogP contribution in [0.3, 0.4) is 0 Å². The Bertz CT molecular complexity index is 537. The summed E-state index contributed by atoms with van der Waals surface area (Å²) in [5, 5.41) is 0. The summed E-state index contributed by atoms with van der Waals surface area (Å²) in [5.41, 5.74) is 3.41. The number of rotatable bonds is 5. The topological polar surface area (TPSA) is 9.23 Å². The van der Waals surface area contributed by atoms with Crippen LogP contribution in [0.25, 0.3) is 0 Å². The molecule has 0 aromatic heterocycles. The average molecular weight is 341 g/mol. The largest absolute Gasteiger partial charge is 0.435 e. The van der Waals surface area contributed by atoms with Crippen LogP contribution in [0.2, 0.25) is 0 Å². The maximum atomic E-state index is 12.1. The summed E-state index contributed by atoms with van der Waals surface area (Å²) >= 11 is 3.63. The first-order valence-corrected chi connectivity index (χ1v) is 7.29. The van der Waals surface area contributed by atoms with Crippen molar-refractivity contribution in [3.05, 3.63) is 65.2 Å². The van der Waals surface area contributed by atoms with Crippen molar-refractivity contribution in [2.75, 3.05) is 0 Å². The van der Waals surface area contributed by atoms with Crippen molar-refractivity contribution in [2.45, 2.75) is 24.8 Å². The zero-order valence-electron chi connectivity index (χ0n) is 11.0. The minimum absolute atomic E-state index is 0.0361. The lowest BCUT2D eigenvalue weighted by Crippen LogP contribution is -2.02. The van der Waals surface area contributed by atoms with Crippen LogP contribution in [-0.4, -0.2) is 6.61 Å². The Morgan fingerprint density at radius 3 is 1.90 bits per heavy atom. The molecule has 1 nitrogen and oxygen atoms in total. The summed E-state index contributed by atoms with van der Waals surface area (Å²) in [5.74, 6) is 0.171. The molecule has 0 spiro atoms. The van der Waals surface area contributed by atoms with E-state index in [1.54, 1.807) is 24.3 Å². The van der Waals surface area contributed by atoms with Crippen molar-refractivity contribution in [1.82, 2.24) is 0 Å². The van der Waals surface area contributed by atoms with Gasteiger partial charge in [-0.05, 0) is 35.2 Å². The average Bonchev–Trinajstić information content (AvgIpc) is 2.47. The number of hydrogen-bond acceptors (Lipinski definition) is 1. The van der Waals surface area contributed by atoms with Gasteiger partial charge in [-0.25, -0.2) is 0 Å². The molecular formula is C16H15BrF2O. The first-order chi connectivity index (χ1) is 9.60. The summed E-state index contributed by atoms with van der Waals surface area (Å²) in [7, 11) is 0. The van der Waals surface area contributed by atoms with Gasteiger partial charge in [-0.3, -0.25) is 0 Å². The van der Waals surface area contributed by atoms with E-state index in [2.05, 4.69) is 51.9 Å². The van der Waals surface area contributed by atoms with Gasteiger partial charge in [0.15, 0.2) is 0 Å². The predicted molar refractivity (Wildman–Crippen MR) is 79.7 cm³/mol. The van der Waals surface area contributed by atoms with E-state index in [0.29, 0.717) is 0 Å². The molecule has 0 amide bonds. The number of halogens is 3. The van der Waals surface area contributed by atoms with Crippen molar-refractivity contribution in [3.63, 3.8) is 0 Å². The maximum absolute atomic E-state index is 12.1. The second-order valence-corrected chi connectivity index (χ2v) is 5.32. The van der Waals surface area contributed by atoms with Gasteiger partial charge < -0.3 is 4.74 Å². The van der Waals surface area contributed by atoms with Crippen LogP contribution in [0.4, 0.5) is 8.78 Å². The molecule has 1 unspecified atom stereocenters. The van der Waals surface area contributed by atoms with Crippen LogP contribution in [0.5, 0.6) is 5.75 Å². The van der Waals surface area contributed by atoms with Gasteiger partial charge in [-0.1, -0.05) is 59.3 Å². The van der Waals surface area contributed by atoms with Crippen LogP contribution in [-0.2, 0) is 6.42 Å². The minimum atomic E-state index is -2.79.